The molecule has 0 spiro atoms. The summed E-state index contributed by atoms with van der Waals surface area (Å²) in [7, 11) is 3.17. The van der Waals surface area contributed by atoms with E-state index in [-0.39, 0.29) is 17.5 Å². The van der Waals surface area contributed by atoms with Gasteiger partial charge in [0, 0.05) is 30.5 Å². The molecule has 138 valence electrons. The highest BCUT2D eigenvalue weighted by atomic mass is 16.5. The van der Waals surface area contributed by atoms with Crippen LogP contribution in [-0.2, 0) is 11.2 Å². The molecule has 0 saturated carbocycles. The van der Waals surface area contributed by atoms with Crippen molar-refractivity contribution in [3.63, 3.8) is 0 Å². The summed E-state index contributed by atoms with van der Waals surface area (Å²) in [5, 5.41) is 0. The normalized spacial score (nSPS) is 26.0. The Morgan fingerprint density at radius 2 is 2.00 bits per heavy atom. The Labute approximate surface area is 152 Å². The lowest BCUT2D eigenvalue weighted by molar-refractivity contribution is -0.139. The molecule has 1 fully saturated rings. The molecule has 25 heavy (non-hydrogen) atoms. The van der Waals surface area contributed by atoms with Crippen LogP contribution in [0.3, 0.4) is 0 Å². The third-order valence-corrected chi connectivity index (χ3v) is 5.96. The Morgan fingerprint density at radius 1 is 1.32 bits per heavy atom. The highest BCUT2D eigenvalue weighted by molar-refractivity contribution is 5.84. The third-order valence-electron chi connectivity index (χ3n) is 5.96. The lowest BCUT2D eigenvalue weighted by Gasteiger charge is -2.54. The molecule has 2 aliphatic heterocycles. The van der Waals surface area contributed by atoms with Gasteiger partial charge in [-0.2, -0.15) is 0 Å². The lowest BCUT2D eigenvalue weighted by atomic mass is 9.69. The van der Waals surface area contributed by atoms with Crippen molar-refractivity contribution < 1.29 is 15.6 Å². The molecule has 2 unspecified atom stereocenters. The van der Waals surface area contributed by atoms with Gasteiger partial charge in [0.25, 0.3) is 0 Å². The fourth-order valence-electron chi connectivity index (χ4n) is 4.65. The van der Waals surface area contributed by atoms with E-state index in [9.17, 15) is 4.79 Å². The first kappa shape index (κ1) is 16.9. The van der Waals surface area contributed by atoms with Crippen LogP contribution in [0.2, 0.25) is 0 Å². The molecule has 0 amide bonds. The molecule has 0 aromatic heterocycles. The smallest absolute Gasteiger partial charge is 0.161 e. The van der Waals surface area contributed by atoms with Crippen molar-refractivity contribution in [3.05, 3.63) is 23.2 Å². The molecule has 0 radical (unpaired) electrons. The Bertz CT molecular complexity index is 714. The molecule has 1 saturated heterocycles. The molecule has 4 heteroatoms. The fourth-order valence-corrected chi connectivity index (χ4v) is 4.65. The van der Waals surface area contributed by atoms with Gasteiger partial charge in [-0.05, 0) is 55.8 Å². The Kier molecular flexibility index (Phi) is 4.48. The predicted molar refractivity (Wildman–Crippen MR) is 99.3 cm³/mol. The number of piperidine rings is 1. The SMILES string of the molecule is [2H]c1c(OC)c(OC)cc2c1C1CC(=O)C(CC(C)C)C(C)(C)N1CC2. The first-order chi connectivity index (χ1) is 12.2. The van der Waals surface area contributed by atoms with Crippen molar-refractivity contribution in [1.29, 1.82) is 0 Å². The van der Waals surface area contributed by atoms with Gasteiger partial charge in [0.2, 0.25) is 0 Å². The van der Waals surface area contributed by atoms with Gasteiger partial charge >= 0.3 is 0 Å². The van der Waals surface area contributed by atoms with E-state index in [1.165, 1.54) is 0 Å². The zero-order valence-electron chi connectivity index (χ0n) is 17.3. The van der Waals surface area contributed by atoms with Crippen LogP contribution in [0, 0.1) is 11.8 Å². The Hall–Kier alpha value is -1.55. The zero-order valence-corrected chi connectivity index (χ0v) is 16.3. The summed E-state index contributed by atoms with van der Waals surface area (Å²) in [5.41, 5.74) is 1.85. The number of carbonyl (C=O) groups excluding carboxylic acids is 1. The highest BCUT2D eigenvalue weighted by Gasteiger charge is 2.49. The number of hydrogen-bond acceptors (Lipinski definition) is 4. The van der Waals surface area contributed by atoms with Crippen molar-refractivity contribution >= 4 is 5.78 Å². The number of carbonyl (C=O) groups is 1. The van der Waals surface area contributed by atoms with Crippen LogP contribution in [0.15, 0.2) is 12.1 Å². The van der Waals surface area contributed by atoms with Crippen molar-refractivity contribution in [2.75, 3.05) is 20.8 Å². The van der Waals surface area contributed by atoms with E-state index >= 15 is 0 Å². The van der Waals surface area contributed by atoms with E-state index in [4.69, 9.17) is 10.8 Å². The van der Waals surface area contributed by atoms with Gasteiger partial charge in [-0.25, -0.2) is 0 Å². The summed E-state index contributed by atoms with van der Waals surface area (Å²) in [6.45, 7) is 9.65. The minimum Gasteiger partial charge on any atom is -0.493 e. The van der Waals surface area contributed by atoms with Crippen molar-refractivity contribution in [2.45, 2.75) is 58.5 Å². The number of ketones is 1. The van der Waals surface area contributed by atoms with Gasteiger partial charge in [-0.3, -0.25) is 9.69 Å². The van der Waals surface area contributed by atoms with Crippen LogP contribution in [0.4, 0.5) is 0 Å². The van der Waals surface area contributed by atoms with Gasteiger partial charge in [-0.15, -0.1) is 0 Å². The largest absolute Gasteiger partial charge is 0.493 e. The lowest BCUT2D eigenvalue weighted by Crippen LogP contribution is -2.59. The molecule has 2 heterocycles. The monoisotopic (exact) mass is 346 g/mol. The second-order valence-corrected chi connectivity index (χ2v) is 8.28. The molecule has 2 atom stereocenters. The number of hydrogen-bond donors (Lipinski definition) is 0. The summed E-state index contributed by atoms with van der Waals surface area (Å²) >= 11 is 0. The quantitative estimate of drug-likeness (QED) is 0.825. The van der Waals surface area contributed by atoms with E-state index in [1.54, 1.807) is 14.2 Å². The Balaban J connectivity index is 2.07. The number of Topliss-reactive ketones (excluding diaryl/α,β-unsaturated/α-hetero) is 1. The number of fused-ring (bicyclic) bond motifs is 3. The van der Waals surface area contributed by atoms with Gasteiger partial charge in [0.15, 0.2) is 11.5 Å². The average molecular weight is 346 g/mol. The first-order valence-corrected chi connectivity index (χ1v) is 9.26. The molecule has 4 nitrogen and oxygen atoms in total. The molecule has 1 aromatic rings. The van der Waals surface area contributed by atoms with Gasteiger partial charge in [0.05, 0.1) is 15.6 Å². The molecule has 0 aliphatic carbocycles. The summed E-state index contributed by atoms with van der Waals surface area (Å²) in [5.74, 6) is 1.93. The number of benzene rings is 1. The topological polar surface area (TPSA) is 38.8 Å². The summed E-state index contributed by atoms with van der Waals surface area (Å²) in [6, 6.07) is 2.31. The highest BCUT2D eigenvalue weighted by Crippen LogP contribution is 2.48. The summed E-state index contributed by atoms with van der Waals surface area (Å²) < 4.78 is 19.6. The molecule has 0 bridgehead atoms. The Morgan fingerprint density at radius 3 is 2.60 bits per heavy atom. The maximum atomic E-state index is 13.1. The second-order valence-electron chi connectivity index (χ2n) is 8.28. The van der Waals surface area contributed by atoms with Gasteiger partial charge in [-0.1, -0.05) is 13.8 Å². The minimum atomic E-state index is -0.207. The maximum Gasteiger partial charge on any atom is 0.161 e. The number of methoxy groups -OCH3 is 2. The van der Waals surface area contributed by atoms with Crippen molar-refractivity contribution in [2.24, 2.45) is 11.8 Å². The summed E-state index contributed by atoms with van der Waals surface area (Å²) in [6.07, 6.45) is 2.26. The van der Waals surface area contributed by atoms with E-state index in [2.05, 4.69) is 32.6 Å². The zero-order chi connectivity index (χ0) is 19.2. The van der Waals surface area contributed by atoms with Gasteiger partial charge < -0.3 is 9.47 Å². The van der Waals surface area contributed by atoms with E-state index in [1.807, 2.05) is 6.07 Å². The number of nitrogens with zero attached hydrogens (tertiary/aromatic N) is 1. The fraction of sp³-hybridized carbons (Fsp3) is 0.667. The van der Waals surface area contributed by atoms with E-state index in [0.717, 1.165) is 30.5 Å². The van der Waals surface area contributed by atoms with Crippen molar-refractivity contribution in [3.8, 4) is 11.5 Å². The second kappa shape index (κ2) is 6.64. The molecular weight excluding hydrogens is 314 g/mol. The van der Waals surface area contributed by atoms with Crippen molar-refractivity contribution in [1.82, 2.24) is 4.90 Å². The molecular formula is C21H31NO3. The predicted octanol–water partition coefficient (Wildman–Crippen LogP) is 4.02. The van der Waals surface area contributed by atoms with Crippen LogP contribution in [0.5, 0.6) is 11.5 Å². The molecule has 2 aliphatic rings. The standard InChI is InChI=1S/C21H31NO3/c1-13(2)9-16-18(23)12-17-15-11-20(25-6)19(24-5)10-14(15)7-8-22(17)21(16,3)4/h10-11,13,16-17H,7-9,12H2,1-6H3/i11D. The first-order valence-electron chi connectivity index (χ1n) is 9.76. The van der Waals surface area contributed by atoms with Crippen LogP contribution in [0.25, 0.3) is 0 Å². The third kappa shape index (κ3) is 3.05. The number of ether oxygens (including phenoxy) is 2. The van der Waals surface area contributed by atoms with E-state index in [0.29, 0.717) is 35.7 Å². The van der Waals surface area contributed by atoms with Gasteiger partial charge in [0.1, 0.15) is 5.78 Å². The van der Waals surface area contributed by atoms with Crippen LogP contribution in [-0.4, -0.2) is 37.0 Å². The average Bonchev–Trinajstić information content (AvgIpc) is 2.57. The molecule has 3 rings (SSSR count). The van der Waals surface area contributed by atoms with E-state index < -0.39 is 0 Å². The maximum absolute atomic E-state index is 13.1. The van der Waals surface area contributed by atoms with Crippen LogP contribution < -0.4 is 9.47 Å². The van der Waals surface area contributed by atoms with Crippen LogP contribution >= 0.6 is 0 Å². The summed E-state index contributed by atoms with van der Waals surface area (Å²) in [4.78, 5) is 15.5. The molecule has 0 N–H and O–H groups in total. The minimum absolute atomic E-state index is 0.0445. The molecule has 1 aromatic carbocycles. The number of rotatable bonds is 4. The van der Waals surface area contributed by atoms with Crippen LogP contribution in [0.1, 0.15) is 59.1 Å².